The highest BCUT2D eigenvalue weighted by atomic mass is 31.2. The zero-order valence-electron chi connectivity index (χ0n) is 35.8. The minimum atomic E-state index is -3.51. The number of anilines is 4. The topological polar surface area (TPSA) is 28.5 Å². The van der Waals surface area contributed by atoms with Crippen LogP contribution in [0.3, 0.4) is 0 Å². The number of hydrogen-bond acceptors (Lipinski definition) is 1. The average Bonchev–Trinajstić information content (AvgIpc) is 4.07. The quantitative estimate of drug-likeness (QED) is 0.161. The summed E-state index contributed by atoms with van der Waals surface area (Å²) in [4.78, 5) is 0. The first-order valence-electron chi connectivity index (χ1n) is 22.6. The van der Waals surface area contributed by atoms with Crippen molar-refractivity contribution < 1.29 is 4.57 Å². The van der Waals surface area contributed by atoms with Crippen LogP contribution in [0.1, 0.15) is 22.3 Å². The molecule has 0 fully saturated rings. The second kappa shape index (κ2) is 13.9. The highest BCUT2D eigenvalue weighted by Crippen LogP contribution is 2.70. The third-order valence-corrected chi connectivity index (χ3v) is 17.2. The first-order valence-corrected chi connectivity index (χ1v) is 24.2. The highest BCUT2D eigenvalue weighted by molar-refractivity contribution is 7.76. The molecule has 1 aliphatic heterocycles. The molecule has 11 aromatic rings. The molecule has 1 aromatic heterocycles. The van der Waals surface area contributed by atoms with Crippen molar-refractivity contribution in [1.82, 2.24) is 4.57 Å². The van der Waals surface area contributed by atoms with Gasteiger partial charge in [-0.1, -0.05) is 170 Å². The molecule has 3 aliphatic rings. The monoisotopic (exact) mass is 861 g/mol. The molecule has 5 heteroatoms. The maximum atomic E-state index is 16.3. The molecule has 2 heterocycles. The largest absolute Gasteiger partial charge is 0.309 e. The van der Waals surface area contributed by atoms with Crippen molar-refractivity contribution in [2.75, 3.05) is 9.34 Å². The van der Waals surface area contributed by atoms with Gasteiger partial charge in [0.15, 0.2) is 0 Å². The van der Waals surface area contributed by atoms with E-state index in [1.165, 1.54) is 60.8 Å². The Balaban J connectivity index is 1.02. The van der Waals surface area contributed by atoms with E-state index in [2.05, 4.69) is 190 Å². The van der Waals surface area contributed by atoms with Gasteiger partial charge in [0.05, 0.1) is 33.1 Å². The fourth-order valence-electron chi connectivity index (χ4n) is 11.7. The molecule has 1 unspecified atom stereocenters. The summed E-state index contributed by atoms with van der Waals surface area (Å²) in [6, 6.07) is 86.6. The lowest BCUT2D eigenvalue weighted by Crippen LogP contribution is -2.26. The van der Waals surface area contributed by atoms with Gasteiger partial charge in [0.1, 0.15) is 0 Å². The summed E-state index contributed by atoms with van der Waals surface area (Å²) in [6.45, 7) is 0. The Morgan fingerprint density at radius 2 is 0.848 bits per heavy atom. The van der Waals surface area contributed by atoms with Crippen LogP contribution in [0.15, 0.2) is 243 Å². The Kier molecular flexibility index (Phi) is 7.85. The van der Waals surface area contributed by atoms with Crippen molar-refractivity contribution in [2.24, 2.45) is 0 Å². The Morgan fingerprint density at radius 1 is 0.364 bits per heavy atom. The van der Waals surface area contributed by atoms with Gasteiger partial charge in [0.25, 0.3) is 0 Å². The van der Waals surface area contributed by atoms with E-state index in [1.54, 1.807) is 0 Å². The molecule has 0 radical (unpaired) electrons. The van der Waals surface area contributed by atoms with Gasteiger partial charge in [-0.15, -0.1) is 0 Å². The molecule has 1 spiro atoms. The predicted octanol–water partition coefficient (Wildman–Crippen LogP) is 15.6. The summed E-state index contributed by atoms with van der Waals surface area (Å²) >= 11 is 0. The third kappa shape index (κ3) is 4.86. The van der Waals surface area contributed by atoms with Crippen LogP contribution in [0.5, 0.6) is 0 Å². The maximum absolute atomic E-state index is 16.3. The van der Waals surface area contributed by atoms with E-state index in [0.29, 0.717) is 0 Å². The summed E-state index contributed by atoms with van der Waals surface area (Å²) in [5, 5.41) is 3.16. The highest BCUT2D eigenvalue weighted by Gasteiger charge is 2.53. The second-order valence-corrected chi connectivity index (χ2v) is 20.0. The number of benzene rings is 10. The van der Waals surface area contributed by atoms with Crippen LogP contribution >= 0.6 is 7.44 Å². The lowest BCUT2D eigenvalue weighted by atomic mass is 9.70. The zero-order chi connectivity index (χ0) is 43.6. The molecule has 310 valence electrons. The molecule has 4 nitrogen and oxygen atoms in total. The van der Waals surface area contributed by atoms with E-state index in [9.17, 15) is 0 Å². The Morgan fingerprint density at radius 3 is 1.47 bits per heavy atom. The van der Waals surface area contributed by atoms with Crippen molar-refractivity contribution >= 4 is 57.3 Å². The molecule has 0 saturated carbocycles. The van der Waals surface area contributed by atoms with Gasteiger partial charge in [-0.05, 0) is 123 Å². The number of nitrogens with zero attached hydrogens (tertiary/aromatic N) is 3. The first-order chi connectivity index (χ1) is 32.7. The van der Waals surface area contributed by atoms with Gasteiger partial charge in [-0.3, -0.25) is 13.9 Å². The van der Waals surface area contributed by atoms with Crippen LogP contribution in [-0.2, 0) is 9.98 Å². The Bertz CT molecular complexity index is 3760. The van der Waals surface area contributed by atoms with Gasteiger partial charge in [0.2, 0.25) is 0 Å². The van der Waals surface area contributed by atoms with E-state index in [1.807, 2.05) is 66.7 Å². The fourth-order valence-corrected chi connectivity index (χ4v) is 14.7. The lowest BCUT2D eigenvalue weighted by Gasteiger charge is -2.33. The lowest BCUT2D eigenvalue weighted by molar-refractivity contribution is 0.582. The van der Waals surface area contributed by atoms with E-state index in [4.69, 9.17) is 0 Å². The normalized spacial score (nSPS) is 16.1. The van der Waals surface area contributed by atoms with Crippen LogP contribution in [0.4, 0.5) is 22.7 Å². The van der Waals surface area contributed by atoms with Crippen molar-refractivity contribution in [3.05, 3.63) is 265 Å². The van der Waals surface area contributed by atoms with E-state index >= 15 is 4.57 Å². The molecule has 2 aliphatic carbocycles. The molecule has 1 atom stereocenters. The van der Waals surface area contributed by atoms with E-state index in [0.717, 1.165) is 50.4 Å². The van der Waals surface area contributed by atoms with Gasteiger partial charge in [-0.2, -0.15) is 0 Å². The SMILES string of the molecule is O=P1(c2ccccc2)N(c2ccccc2)c2ccc(-c3ccc4c(c3)c3ccc5c(c3n4-c3ccccc3)-c3ccccc3C53c4ccccc4-c4ccccc43)cc2N1c1ccccc1. The molecule has 0 amide bonds. The molecule has 0 saturated heterocycles. The summed E-state index contributed by atoms with van der Waals surface area (Å²) in [5.41, 5.74) is 19.2. The minimum absolute atomic E-state index is 0.446. The first kappa shape index (κ1) is 37.2. The molecular formula is C61H40N3OP. The van der Waals surface area contributed by atoms with Crippen molar-refractivity contribution in [3.63, 3.8) is 0 Å². The van der Waals surface area contributed by atoms with Crippen LogP contribution in [-0.4, -0.2) is 4.57 Å². The Labute approximate surface area is 383 Å². The van der Waals surface area contributed by atoms with Crippen LogP contribution in [0.2, 0.25) is 0 Å². The van der Waals surface area contributed by atoms with Gasteiger partial charge in [0, 0.05) is 33.4 Å². The summed E-state index contributed by atoms with van der Waals surface area (Å²) in [5.74, 6) is 0. The number of para-hydroxylation sites is 3. The van der Waals surface area contributed by atoms with Crippen LogP contribution in [0.25, 0.3) is 60.9 Å². The van der Waals surface area contributed by atoms with Crippen LogP contribution < -0.4 is 14.6 Å². The number of hydrogen-bond donors (Lipinski definition) is 0. The number of fused-ring (bicyclic) bond motifs is 15. The smallest absolute Gasteiger partial charge is 0.301 e. The molecule has 14 rings (SSSR count). The maximum Gasteiger partial charge on any atom is 0.301 e. The third-order valence-electron chi connectivity index (χ3n) is 14.3. The average molecular weight is 862 g/mol. The Hall–Kier alpha value is -8.17. The van der Waals surface area contributed by atoms with E-state index in [-0.39, 0.29) is 0 Å². The summed E-state index contributed by atoms with van der Waals surface area (Å²) in [6.07, 6.45) is 0. The second-order valence-electron chi connectivity index (χ2n) is 17.6. The molecular weight excluding hydrogens is 822 g/mol. The zero-order valence-corrected chi connectivity index (χ0v) is 36.7. The van der Waals surface area contributed by atoms with Crippen molar-refractivity contribution in [1.29, 1.82) is 0 Å². The predicted molar refractivity (Wildman–Crippen MR) is 273 cm³/mol. The number of rotatable bonds is 5. The molecule has 10 aromatic carbocycles. The van der Waals surface area contributed by atoms with Gasteiger partial charge < -0.3 is 4.57 Å². The standard InChI is InChI=1S/C61H40N3OP/c65-66(46-25-11-4-12-26-46)63(44-21-7-2-8-22-44)57-38-34-42(40-58(57)64(66)45-23-9-3-10-24-45)41-33-37-56-51(39-41)49-35-36-55-59(60(49)62(56)43-19-5-1-6-20-43)50-29-15-18-32-54(50)61(55)52-30-16-13-27-47(52)48-28-14-17-31-53(48)61/h1-40H. The van der Waals surface area contributed by atoms with Crippen LogP contribution in [0, 0.1) is 0 Å². The van der Waals surface area contributed by atoms with Crippen molar-refractivity contribution in [3.8, 4) is 39.1 Å². The van der Waals surface area contributed by atoms with Gasteiger partial charge in [-0.25, -0.2) is 0 Å². The number of aromatic nitrogens is 1. The fraction of sp³-hybridized carbons (Fsp3) is 0.0164. The summed E-state index contributed by atoms with van der Waals surface area (Å²) in [7, 11) is -3.51. The summed E-state index contributed by atoms with van der Waals surface area (Å²) < 4.78 is 22.9. The van der Waals surface area contributed by atoms with Gasteiger partial charge >= 0.3 is 7.44 Å². The molecule has 0 bridgehead atoms. The molecule has 66 heavy (non-hydrogen) atoms. The van der Waals surface area contributed by atoms with Crippen molar-refractivity contribution in [2.45, 2.75) is 5.41 Å². The minimum Gasteiger partial charge on any atom is -0.309 e. The molecule has 0 N–H and O–H groups in total. The van der Waals surface area contributed by atoms with E-state index < -0.39 is 12.9 Å².